The van der Waals surface area contributed by atoms with Crippen LogP contribution >= 0.6 is 11.6 Å². The van der Waals surface area contributed by atoms with Gasteiger partial charge in [0.2, 0.25) is 5.91 Å². The van der Waals surface area contributed by atoms with Gasteiger partial charge in [-0.3, -0.25) is 14.4 Å². The summed E-state index contributed by atoms with van der Waals surface area (Å²) in [6.45, 7) is 1.01. The second-order valence-corrected chi connectivity index (χ2v) is 9.11. The Labute approximate surface area is 211 Å². The summed E-state index contributed by atoms with van der Waals surface area (Å²) in [5.41, 5.74) is 1.36. The van der Waals surface area contributed by atoms with Crippen LogP contribution in [0.15, 0.2) is 41.7 Å². The van der Waals surface area contributed by atoms with Gasteiger partial charge in [-0.2, -0.15) is 0 Å². The molecular weight excluding hydrogens is 470 g/mol. The molecule has 1 aliphatic rings. The predicted octanol–water partition coefficient (Wildman–Crippen LogP) is 4.18. The first kappa shape index (κ1) is 28.2. The normalized spacial score (nSPS) is 12.8. The third-order valence-corrected chi connectivity index (χ3v) is 5.92. The van der Waals surface area contributed by atoms with Gasteiger partial charge < -0.3 is 26.2 Å². The summed E-state index contributed by atoms with van der Waals surface area (Å²) in [4.78, 5) is 35.2. The molecule has 5 N–H and O–H groups in total. The number of hydrogen-bond donors (Lipinski definition) is 5. The van der Waals surface area contributed by atoms with E-state index < -0.39 is 5.97 Å². The SMILES string of the molecule is O=C(O)CCCCCCCCCCCNC(=O)C1=CC(NC(=O)Cc2cc(Cl)ccc2O)=CCN1. The van der Waals surface area contributed by atoms with Gasteiger partial charge in [-0.05, 0) is 43.2 Å². The number of dihydropyridines is 1. The average Bonchev–Trinajstić information content (AvgIpc) is 2.82. The molecule has 1 heterocycles. The van der Waals surface area contributed by atoms with Crippen molar-refractivity contribution in [2.45, 2.75) is 70.6 Å². The van der Waals surface area contributed by atoms with Gasteiger partial charge in [-0.25, -0.2) is 0 Å². The number of unbranched alkanes of at least 4 members (excludes halogenated alkanes) is 8. The smallest absolute Gasteiger partial charge is 0.303 e. The number of aromatic hydroxyl groups is 1. The highest BCUT2D eigenvalue weighted by Crippen LogP contribution is 2.22. The van der Waals surface area contributed by atoms with E-state index in [0.717, 1.165) is 57.8 Å². The molecule has 1 aromatic rings. The number of carboxylic acid groups (broad SMARTS) is 1. The molecule has 0 atom stereocenters. The molecule has 0 spiro atoms. The minimum atomic E-state index is -0.719. The van der Waals surface area contributed by atoms with Crippen molar-refractivity contribution in [2.24, 2.45) is 0 Å². The zero-order chi connectivity index (χ0) is 25.5. The molecule has 9 heteroatoms. The van der Waals surface area contributed by atoms with E-state index in [9.17, 15) is 19.5 Å². The maximum atomic E-state index is 12.4. The zero-order valence-electron chi connectivity index (χ0n) is 20.1. The Balaban J connectivity index is 1.59. The first-order valence-corrected chi connectivity index (χ1v) is 12.7. The lowest BCUT2D eigenvalue weighted by Crippen LogP contribution is -2.36. The Kier molecular flexibility index (Phi) is 12.8. The van der Waals surface area contributed by atoms with E-state index in [1.54, 1.807) is 24.3 Å². The van der Waals surface area contributed by atoms with Crippen LogP contribution in [0.2, 0.25) is 5.02 Å². The third kappa shape index (κ3) is 11.8. The van der Waals surface area contributed by atoms with Gasteiger partial charge >= 0.3 is 5.97 Å². The molecular formula is C26H36ClN3O5. The van der Waals surface area contributed by atoms with Crippen molar-refractivity contribution >= 4 is 29.4 Å². The standard InChI is InChI=1S/C26H36ClN3O5/c27-20-11-12-23(31)19(16-20)17-24(32)30-21-13-15-28-22(18-21)26(35)29-14-9-7-5-3-1-2-4-6-8-10-25(33)34/h11-13,16,18,28,31H,1-10,14-15,17H2,(H,29,35)(H,30,32)(H,33,34). The van der Waals surface area contributed by atoms with Crippen LogP contribution in [0.25, 0.3) is 0 Å². The van der Waals surface area contributed by atoms with Gasteiger partial charge in [-0.15, -0.1) is 0 Å². The third-order valence-electron chi connectivity index (χ3n) is 5.69. The second-order valence-electron chi connectivity index (χ2n) is 8.68. The minimum Gasteiger partial charge on any atom is -0.508 e. The number of nitrogens with one attached hydrogen (secondary N) is 3. The van der Waals surface area contributed by atoms with Gasteiger partial charge in [0, 0.05) is 35.8 Å². The number of halogens is 1. The number of benzene rings is 1. The quantitative estimate of drug-likeness (QED) is 0.214. The van der Waals surface area contributed by atoms with Crippen molar-refractivity contribution in [1.29, 1.82) is 0 Å². The molecule has 0 unspecified atom stereocenters. The summed E-state index contributed by atoms with van der Waals surface area (Å²) in [6, 6.07) is 4.55. The topological polar surface area (TPSA) is 128 Å². The maximum absolute atomic E-state index is 12.4. The molecule has 35 heavy (non-hydrogen) atoms. The molecule has 1 aromatic carbocycles. The van der Waals surface area contributed by atoms with E-state index in [1.165, 1.54) is 6.07 Å². The highest BCUT2D eigenvalue weighted by molar-refractivity contribution is 6.30. The molecule has 0 saturated heterocycles. The molecule has 192 valence electrons. The molecule has 0 fully saturated rings. The summed E-state index contributed by atoms with van der Waals surface area (Å²) in [5, 5.41) is 27.6. The van der Waals surface area contributed by atoms with Crippen molar-refractivity contribution < 1.29 is 24.6 Å². The maximum Gasteiger partial charge on any atom is 0.303 e. The Morgan fingerprint density at radius 1 is 0.971 bits per heavy atom. The number of rotatable bonds is 16. The molecule has 0 aliphatic carbocycles. The molecule has 2 amide bonds. The zero-order valence-corrected chi connectivity index (χ0v) is 20.8. The summed E-state index contributed by atoms with van der Waals surface area (Å²) in [6.07, 6.45) is 13.0. The van der Waals surface area contributed by atoms with Crippen molar-refractivity contribution in [2.75, 3.05) is 13.1 Å². The van der Waals surface area contributed by atoms with Crippen LogP contribution in [0, 0.1) is 0 Å². The van der Waals surface area contributed by atoms with E-state index in [4.69, 9.17) is 16.7 Å². The van der Waals surface area contributed by atoms with Gasteiger partial charge in [0.15, 0.2) is 0 Å². The Bertz CT molecular complexity index is 930. The Hall–Kier alpha value is -3.00. The lowest BCUT2D eigenvalue weighted by molar-refractivity contribution is -0.137. The van der Waals surface area contributed by atoms with Crippen LogP contribution in [0.4, 0.5) is 0 Å². The fourth-order valence-corrected chi connectivity index (χ4v) is 3.97. The molecule has 1 aliphatic heterocycles. The lowest BCUT2D eigenvalue weighted by atomic mass is 10.1. The van der Waals surface area contributed by atoms with E-state index in [1.807, 2.05) is 0 Å². The average molecular weight is 506 g/mol. The molecule has 0 bridgehead atoms. The summed E-state index contributed by atoms with van der Waals surface area (Å²) in [7, 11) is 0. The van der Waals surface area contributed by atoms with Gasteiger partial charge in [0.25, 0.3) is 5.91 Å². The van der Waals surface area contributed by atoms with E-state index in [2.05, 4.69) is 16.0 Å². The number of aliphatic carboxylic acids is 1. The number of amides is 2. The lowest BCUT2D eigenvalue weighted by Gasteiger charge is -2.17. The van der Waals surface area contributed by atoms with Crippen molar-refractivity contribution in [3.63, 3.8) is 0 Å². The number of carboxylic acids is 1. The van der Waals surface area contributed by atoms with E-state index in [0.29, 0.717) is 35.1 Å². The molecule has 0 saturated carbocycles. The number of carbonyl (C=O) groups excluding carboxylic acids is 2. The van der Waals surface area contributed by atoms with Crippen LogP contribution in [0.5, 0.6) is 5.75 Å². The number of carbonyl (C=O) groups is 3. The van der Waals surface area contributed by atoms with Crippen molar-refractivity contribution in [3.05, 3.63) is 52.3 Å². The first-order valence-electron chi connectivity index (χ1n) is 12.3. The highest BCUT2D eigenvalue weighted by atomic mass is 35.5. The summed E-state index contributed by atoms with van der Waals surface area (Å²) >= 11 is 5.93. The van der Waals surface area contributed by atoms with Crippen LogP contribution < -0.4 is 16.0 Å². The Morgan fingerprint density at radius 3 is 2.31 bits per heavy atom. The predicted molar refractivity (Wildman–Crippen MR) is 136 cm³/mol. The fraction of sp³-hybridized carbons (Fsp3) is 0.500. The number of phenolic OH excluding ortho intramolecular Hbond substituents is 1. The van der Waals surface area contributed by atoms with Crippen LogP contribution in [0.3, 0.4) is 0 Å². The molecule has 0 aromatic heterocycles. The molecule has 0 radical (unpaired) electrons. The number of allylic oxidation sites excluding steroid dienone is 1. The van der Waals surface area contributed by atoms with Crippen LogP contribution in [0.1, 0.15) is 69.8 Å². The van der Waals surface area contributed by atoms with E-state index >= 15 is 0 Å². The second kappa shape index (κ2) is 15.8. The van der Waals surface area contributed by atoms with Gasteiger partial charge in [0.1, 0.15) is 11.4 Å². The largest absolute Gasteiger partial charge is 0.508 e. The van der Waals surface area contributed by atoms with Crippen LogP contribution in [-0.2, 0) is 20.8 Å². The Morgan fingerprint density at radius 2 is 1.63 bits per heavy atom. The number of phenols is 1. The van der Waals surface area contributed by atoms with Crippen molar-refractivity contribution in [3.8, 4) is 5.75 Å². The monoisotopic (exact) mass is 505 g/mol. The minimum absolute atomic E-state index is 0.00688. The summed E-state index contributed by atoms with van der Waals surface area (Å²) in [5.74, 6) is -1.23. The number of hydrogen-bond acceptors (Lipinski definition) is 5. The first-order chi connectivity index (χ1) is 16.8. The summed E-state index contributed by atoms with van der Waals surface area (Å²) < 4.78 is 0. The van der Waals surface area contributed by atoms with Crippen LogP contribution in [-0.4, -0.2) is 41.1 Å². The van der Waals surface area contributed by atoms with E-state index in [-0.39, 0.29) is 30.4 Å². The van der Waals surface area contributed by atoms with Gasteiger partial charge in [0.05, 0.1) is 6.42 Å². The molecule has 8 nitrogen and oxygen atoms in total. The van der Waals surface area contributed by atoms with Gasteiger partial charge in [-0.1, -0.05) is 56.5 Å². The molecule has 2 rings (SSSR count). The highest BCUT2D eigenvalue weighted by Gasteiger charge is 2.15. The van der Waals surface area contributed by atoms with Crippen molar-refractivity contribution in [1.82, 2.24) is 16.0 Å². The fourth-order valence-electron chi connectivity index (χ4n) is 3.78.